The fourth-order valence-corrected chi connectivity index (χ4v) is 4.88. The standard InChI is InChI=1S/C23H24F4N4O3/c1-11-10-34-22(28)31-23(8-14(11)15(23)7-19(25)26)16-5-12(6-17(24)20(16)27)30-21(32)18-4-3-13(33-2)9-29-18/h3-6,9,11,14-15,19H,7-8,10H2,1-2H3,(H2,28,31)(H,30,32)/t11-,14+,15-,23?/m0/s1. The third-order valence-corrected chi connectivity index (χ3v) is 6.60. The molecule has 3 N–H and O–H groups in total. The first kappa shape index (κ1) is 23.8. The Balaban J connectivity index is 1.73. The summed E-state index contributed by atoms with van der Waals surface area (Å²) in [4.78, 5) is 20.8. The van der Waals surface area contributed by atoms with E-state index in [0.717, 1.165) is 6.07 Å². The predicted molar refractivity (Wildman–Crippen MR) is 116 cm³/mol. The molecular formula is C23H24F4N4O3. The summed E-state index contributed by atoms with van der Waals surface area (Å²) in [5.74, 6) is -3.89. The lowest BCUT2D eigenvalue weighted by molar-refractivity contribution is -0.0622. The second kappa shape index (κ2) is 9.11. The smallest absolute Gasteiger partial charge is 0.282 e. The molecule has 1 aliphatic carbocycles. The van der Waals surface area contributed by atoms with Crippen molar-refractivity contribution in [2.75, 3.05) is 19.0 Å². The zero-order chi connectivity index (χ0) is 24.6. The van der Waals surface area contributed by atoms with Gasteiger partial charge >= 0.3 is 0 Å². The lowest BCUT2D eigenvalue weighted by atomic mass is 9.52. The van der Waals surface area contributed by atoms with Gasteiger partial charge in [0.2, 0.25) is 6.43 Å². The molecule has 1 aromatic heterocycles. The molecule has 2 bridgehead atoms. The minimum atomic E-state index is -2.67. The molecular weight excluding hydrogens is 456 g/mol. The third-order valence-electron chi connectivity index (χ3n) is 6.60. The molecule has 7 nitrogen and oxygen atoms in total. The number of rotatable bonds is 6. The molecule has 3 heterocycles. The fraction of sp³-hybridized carbons (Fsp3) is 0.435. The van der Waals surface area contributed by atoms with Crippen LogP contribution < -0.4 is 15.8 Å². The van der Waals surface area contributed by atoms with Gasteiger partial charge in [-0.15, -0.1) is 0 Å². The first-order valence-electron chi connectivity index (χ1n) is 10.7. The van der Waals surface area contributed by atoms with Crippen molar-refractivity contribution in [1.29, 1.82) is 0 Å². The number of amidine groups is 1. The molecule has 182 valence electrons. The summed E-state index contributed by atoms with van der Waals surface area (Å²) in [6.45, 7) is 2.03. The van der Waals surface area contributed by atoms with Crippen LogP contribution in [-0.4, -0.2) is 37.1 Å². The number of aromatic nitrogens is 1. The van der Waals surface area contributed by atoms with Crippen molar-refractivity contribution in [2.24, 2.45) is 28.5 Å². The van der Waals surface area contributed by atoms with Crippen LogP contribution in [0, 0.1) is 29.4 Å². The van der Waals surface area contributed by atoms with Crippen LogP contribution in [0.4, 0.5) is 23.2 Å². The molecule has 34 heavy (non-hydrogen) atoms. The number of pyridine rings is 1. The number of hydrogen-bond acceptors (Lipinski definition) is 6. The van der Waals surface area contributed by atoms with Crippen LogP contribution in [0.2, 0.25) is 0 Å². The first-order valence-corrected chi connectivity index (χ1v) is 10.7. The topological polar surface area (TPSA) is 98.8 Å². The quantitative estimate of drug-likeness (QED) is 0.607. The first-order chi connectivity index (χ1) is 16.1. The zero-order valence-electron chi connectivity index (χ0n) is 18.5. The summed E-state index contributed by atoms with van der Waals surface area (Å²) in [6.07, 6.45) is -1.70. The van der Waals surface area contributed by atoms with E-state index in [1.165, 1.54) is 31.5 Å². The van der Waals surface area contributed by atoms with Gasteiger partial charge in [-0.25, -0.2) is 27.5 Å². The van der Waals surface area contributed by atoms with E-state index >= 15 is 4.39 Å². The number of aliphatic imine (C=N–C) groups is 1. The van der Waals surface area contributed by atoms with Crippen molar-refractivity contribution in [3.63, 3.8) is 0 Å². The summed E-state index contributed by atoms with van der Waals surface area (Å²) in [5.41, 5.74) is 3.98. The van der Waals surface area contributed by atoms with Crippen molar-refractivity contribution in [3.8, 4) is 5.75 Å². The van der Waals surface area contributed by atoms with Crippen LogP contribution >= 0.6 is 0 Å². The van der Waals surface area contributed by atoms with E-state index in [9.17, 15) is 18.0 Å². The number of fused-ring (bicyclic) bond motifs is 3. The highest BCUT2D eigenvalue weighted by Gasteiger charge is 2.59. The molecule has 1 fully saturated rings. The Morgan fingerprint density at radius 2 is 2.12 bits per heavy atom. The second-order valence-electron chi connectivity index (χ2n) is 8.62. The molecule has 4 atom stereocenters. The zero-order valence-corrected chi connectivity index (χ0v) is 18.5. The Kier molecular flexibility index (Phi) is 6.37. The fourth-order valence-electron chi connectivity index (χ4n) is 4.88. The summed E-state index contributed by atoms with van der Waals surface area (Å²) < 4.78 is 67.1. The number of benzene rings is 1. The molecule has 0 spiro atoms. The van der Waals surface area contributed by atoms with Gasteiger partial charge in [-0.2, -0.15) is 0 Å². The molecule has 1 amide bonds. The van der Waals surface area contributed by atoms with Gasteiger partial charge in [0, 0.05) is 23.7 Å². The minimum absolute atomic E-state index is 0.0139. The van der Waals surface area contributed by atoms with Crippen molar-refractivity contribution >= 4 is 17.6 Å². The SMILES string of the molecule is COc1ccc(C(=O)Nc2cc(F)c(F)c(C34C[C@H]([C@@H](C)COC(N)=N3)[C@@H]4CC(F)F)c2)nc1. The minimum Gasteiger partial charge on any atom is -0.495 e. The Bertz CT molecular complexity index is 1110. The Labute approximate surface area is 193 Å². The number of nitrogens with zero attached hydrogens (tertiary/aromatic N) is 2. The van der Waals surface area contributed by atoms with E-state index in [1.807, 2.05) is 6.92 Å². The number of carbonyl (C=O) groups excluding carboxylic acids is 1. The number of nitrogens with one attached hydrogen (secondary N) is 1. The van der Waals surface area contributed by atoms with Crippen molar-refractivity contribution in [3.05, 3.63) is 53.4 Å². The molecule has 11 heteroatoms. The van der Waals surface area contributed by atoms with Crippen LogP contribution in [0.1, 0.15) is 35.8 Å². The predicted octanol–water partition coefficient (Wildman–Crippen LogP) is 4.09. The largest absolute Gasteiger partial charge is 0.495 e. The van der Waals surface area contributed by atoms with Crippen LogP contribution in [0.3, 0.4) is 0 Å². The summed E-state index contributed by atoms with van der Waals surface area (Å²) in [6, 6.07) is 4.66. The van der Waals surface area contributed by atoms with Gasteiger partial charge in [0.1, 0.15) is 11.4 Å². The number of nitrogens with two attached hydrogens (primary N) is 1. The van der Waals surface area contributed by atoms with Gasteiger partial charge in [0.05, 0.1) is 25.5 Å². The highest BCUT2D eigenvalue weighted by molar-refractivity contribution is 6.02. The van der Waals surface area contributed by atoms with E-state index in [-0.39, 0.29) is 47.8 Å². The Hall–Kier alpha value is -3.37. The van der Waals surface area contributed by atoms with Gasteiger partial charge in [-0.05, 0) is 42.4 Å². The number of amides is 1. The van der Waals surface area contributed by atoms with Crippen molar-refractivity contribution in [2.45, 2.75) is 31.7 Å². The van der Waals surface area contributed by atoms with E-state index in [4.69, 9.17) is 15.2 Å². The molecule has 2 aromatic rings. The van der Waals surface area contributed by atoms with E-state index in [2.05, 4.69) is 15.3 Å². The molecule has 1 aromatic carbocycles. The number of anilines is 1. The Morgan fingerprint density at radius 1 is 1.35 bits per heavy atom. The summed E-state index contributed by atoms with van der Waals surface area (Å²) in [5, 5.41) is 2.47. The normalized spacial score (nSPS) is 26.0. The van der Waals surface area contributed by atoms with E-state index < -0.39 is 41.8 Å². The number of carbonyl (C=O) groups is 1. The number of alkyl halides is 2. The van der Waals surface area contributed by atoms with Gasteiger partial charge in [-0.3, -0.25) is 4.79 Å². The van der Waals surface area contributed by atoms with Gasteiger partial charge in [0.25, 0.3) is 11.9 Å². The molecule has 2 aliphatic heterocycles. The van der Waals surface area contributed by atoms with Crippen LogP contribution in [-0.2, 0) is 10.3 Å². The second-order valence-corrected chi connectivity index (χ2v) is 8.62. The number of ether oxygens (including phenoxy) is 2. The number of hydrogen-bond donors (Lipinski definition) is 2. The lowest BCUT2D eigenvalue weighted by Gasteiger charge is -2.56. The average molecular weight is 480 g/mol. The van der Waals surface area contributed by atoms with Gasteiger partial charge in [-0.1, -0.05) is 6.92 Å². The van der Waals surface area contributed by atoms with E-state index in [1.54, 1.807) is 0 Å². The van der Waals surface area contributed by atoms with Crippen molar-refractivity contribution < 1.29 is 31.8 Å². The molecule has 3 aliphatic rings. The van der Waals surface area contributed by atoms with Gasteiger partial charge < -0.3 is 20.5 Å². The van der Waals surface area contributed by atoms with E-state index in [0.29, 0.717) is 5.75 Å². The third kappa shape index (κ3) is 4.26. The maximum atomic E-state index is 15.1. The highest BCUT2D eigenvalue weighted by Crippen LogP contribution is 2.60. The van der Waals surface area contributed by atoms with Crippen LogP contribution in [0.15, 0.2) is 35.5 Å². The maximum Gasteiger partial charge on any atom is 0.282 e. The summed E-state index contributed by atoms with van der Waals surface area (Å²) >= 11 is 0. The molecule has 1 unspecified atom stereocenters. The van der Waals surface area contributed by atoms with Crippen LogP contribution in [0.25, 0.3) is 0 Å². The average Bonchev–Trinajstić information content (AvgIpc) is 2.79. The maximum absolute atomic E-state index is 15.1. The summed E-state index contributed by atoms with van der Waals surface area (Å²) in [7, 11) is 1.45. The molecule has 0 radical (unpaired) electrons. The molecule has 5 rings (SSSR count). The van der Waals surface area contributed by atoms with Crippen molar-refractivity contribution in [1.82, 2.24) is 4.98 Å². The number of halogens is 4. The molecule has 0 saturated heterocycles. The Morgan fingerprint density at radius 3 is 2.76 bits per heavy atom. The highest BCUT2D eigenvalue weighted by atomic mass is 19.3. The van der Waals surface area contributed by atoms with Gasteiger partial charge in [0.15, 0.2) is 11.6 Å². The lowest BCUT2D eigenvalue weighted by Crippen LogP contribution is -2.56. The molecule has 1 saturated carbocycles. The van der Waals surface area contributed by atoms with Crippen LogP contribution in [0.5, 0.6) is 5.75 Å². The number of methoxy groups -OCH3 is 1. The monoisotopic (exact) mass is 480 g/mol.